The van der Waals surface area contributed by atoms with Gasteiger partial charge in [0.15, 0.2) is 0 Å². The van der Waals surface area contributed by atoms with Gasteiger partial charge in [0.05, 0.1) is 25.0 Å². The van der Waals surface area contributed by atoms with E-state index < -0.39 is 24.0 Å². The van der Waals surface area contributed by atoms with Gasteiger partial charge in [-0.05, 0) is 42.8 Å². The molecule has 0 bridgehead atoms. The second-order valence-corrected chi connectivity index (χ2v) is 9.83. The number of para-hydroxylation sites is 1. The quantitative estimate of drug-likeness (QED) is 0.555. The van der Waals surface area contributed by atoms with Crippen LogP contribution in [0.25, 0.3) is 5.69 Å². The average Bonchev–Trinajstić information content (AvgIpc) is 3.22. The minimum absolute atomic E-state index is 0.249. The molecular formula is C27H31N3O4. The number of benzene rings is 2. The number of fused-ring (bicyclic) bond motifs is 1. The monoisotopic (exact) mass is 461 g/mol. The lowest BCUT2D eigenvalue weighted by atomic mass is 9.65. The highest BCUT2D eigenvalue weighted by Crippen LogP contribution is 2.50. The summed E-state index contributed by atoms with van der Waals surface area (Å²) in [5.41, 5.74) is 4.60. The van der Waals surface area contributed by atoms with Crippen LogP contribution in [0, 0.1) is 12.8 Å². The van der Waals surface area contributed by atoms with Crippen molar-refractivity contribution >= 4 is 5.69 Å². The van der Waals surface area contributed by atoms with Crippen LogP contribution in [0.15, 0.2) is 65.1 Å². The number of hydrogen-bond acceptors (Lipinski definition) is 5. The molecular weight excluding hydrogens is 430 g/mol. The van der Waals surface area contributed by atoms with Crippen LogP contribution in [-0.2, 0) is 5.41 Å². The number of hydrogen-bond donors (Lipinski definition) is 3. The van der Waals surface area contributed by atoms with E-state index in [0.29, 0.717) is 22.7 Å². The number of nitrogens with zero attached hydrogens (tertiary/aromatic N) is 2. The van der Waals surface area contributed by atoms with Crippen LogP contribution in [0.3, 0.4) is 0 Å². The van der Waals surface area contributed by atoms with Gasteiger partial charge < -0.3 is 19.8 Å². The summed E-state index contributed by atoms with van der Waals surface area (Å²) in [4.78, 5) is 15.4. The molecule has 3 aromatic rings. The zero-order valence-electron chi connectivity index (χ0n) is 20.1. The summed E-state index contributed by atoms with van der Waals surface area (Å²) < 4.78 is 6.64. The molecule has 1 fully saturated rings. The van der Waals surface area contributed by atoms with E-state index in [1.807, 2.05) is 25.3 Å². The molecule has 2 atom stereocenters. The average molecular weight is 462 g/mol. The van der Waals surface area contributed by atoms with Crippen LogP contribution in [-0.4, -0.2) is 46.4 Å². The molecule has 2 aromatic carbocycles. The van der Waals surface area contributed by atoms with Crippen molar-refractivity contribution in [3.63, 3.8) is 0 Å². The Bertz CT molecular complexity index is 1310. The Hall–Kier alpha value is -3.29. The van der Waals surface area contributed by atoms with Crippen molar-refractivity contribution in [2.45, 2.75) is 44.3 Å². The fourth-order valence-electron chi connectivity index (χ4n) is 5.63. The highest BCUT2D eigenvalue weighted by atomic mass is 16.5. The molecule has 3 N–H and O–H groups in total. The summed E-state index contributed by atoms with van der Waals surface area (Å²) in [6.45, 7) is 6.10. The number of ether oxygens (including phenoxy) is 1. The van der Waals surface area contributed by atoms with E-state index in [9.17, 15) is 15.0 Å². The van der Waals surface area contributed by atoms with Crippen LogP contribution in [0.4, 0.5) is 5.69 Å². The number of aliphatic hydroxyl groups is 2. The minimum Gasteiger partial charge on any atom is -0.497 e. The van der Waals surface area contributed by atoms with E-state index in [0.717, 1.165) is 11.4 Å². The normalized spacial score (nSPS) is 26.4. The molecule has 1 aliphatic carbocycles. The van der Waals surface area contributed by atoms with Gasteiger partial charge in [-0.2, -0.15) is 0 Å². The number of allylic oxidation sites excluding steroid dienone is 1. The first-order valence-electron chi connectivity index (χ1n) is 11.5. The second-order valence-electron chi connectivity index (χ2n) is 9.83. The largest absolute Gasteiger partial charge is 0.497 e. The molecule has 2 unspecified atom stereocenters. The third-order valence-electron chi connectivity index (χ3n) is 7.60. The maximum Gasteiger partial charge on any atom is 0.275 e. The molecule has 1 aromatic heterocycles. The molecule has 0 radical (unpaired) electrons. The van der Waals surface area contributed by atoms with Gasteiger partial charge in [0.25, 0.3) is 5.56 Å². The van der Waals surface area contributed by atoms with E-state index in [2.05, 4.69) is 36.0 Å². The smallest absolute Gasteiger partial charge is 0.275 e. The fraction of sp³-hybridized carbons (Fsp3) is 0.370. The van der Waals surface area contributed by atoms with Crippen molar-refractivity contribution in [1.29, 1.82) is 0 Å². The maximum absolute atomic E-state index is 13.3. The Kier molecular flexibility index (Phi) is 5.22. The lowest BCUT2D eigenvalue weighted by Crippen LogP contribution is -2.54. The molecule has 0 spiro atoms. The number of aliphatic hydroxyl groups excluding tert-OH is 2. The third kappa shape index (κ3) is 3.15. The number of aromatic amines is 1. The Morgan fingerprint density at radius 3 is 2.32 bits per heavy atom. The van der Waals surface area contributed by atoms with Crippen molar-refractivity contribution in [2.24, 2.45) is 5.92 Å². The maximum atomic E-state index is 13.3. The first kappa shape index (κ1) is 22.5. The molecule has 2 heterocycles. The number of aryl methyl sites for hydroxylation is 1. The van der Waals surface area contributed by atoms with E-state index in [1.54, 1.807) is 38.3 Å². The molecule has 2 aliphatic rings. The van der Waals surface area contributed by atoms with Crippen molar-refractivity contribution in [3.8, 4) is 11.4 Å². The summed E-state index contributed by atoms with van der Waals surface area (Å²) in [5, 5.41) is 25.3. The molecule has 0 saturated heterocycles. The molecule has 178 valence electrons. The van der Waals surface area contributed by atoms with Crippen LogP contribution in [0.2, 0.25) is 0 Å². The lowest BCUT2D eigenvalue weighted by Gasteiger charge is -2.45. The number of rotatable bonds is 4. The molecule has 1 saturated carbocycles. The van der Waals surface area contributed by atoms with E-state index in [4.69, 9.17) is 4.74 Å². The van der Waals surface area contributed by atoms with Gasteiger partial charge in [-0.1, -0.05) is 38.1 Å². The molecule has 7 heteroatoms. The summed E-state index contributed by atoms with van der Waals surface area (Å²) in [7, 11) is 3.60. The zero-order chi connectivity index (χ0) is 24.4. The van der Waals surface area contributed by atoms with Crippen molar-refractivity contribution < 1.29 is 14.9 Å². The van der Waals surface area contributed by atoms with Crippen LogP contribution >= 0.6 is 0 Å². The number of aromatic nitrogens is 2. The van der Waals surface area contributed by atoms with Gasteiger partial charge in [-0.25, -0.2) is 4.68 Å². The Morgan fingerprint density at radius 1 is 1.06 bits per heavy atom. The van der Waals surface area contributed by atoms with Crippen LogP contribution < -0.4 is 15.2 Å². The predicted molar refractivity (Wildman–Crippen MR) is 132 cm³/mol. The highest BCUT2D eigenvalue weighted by Gasteiger charge is 2.52. The van der Waals surface area contributed by atoms with Gasteiger partial charge in [0.2, 0.25) is 0 Å². The molecule has 1 aliphatic heterocycles. The first-order chi connectivity index (χ1) is 16.2. The van der Waals surface area contributed by atoms with Crippen molar-refractivity contribution in [2.75, 3.05) is 19.1 Å². The first-order valence-corrected chi connectivity index (χ1v) is 11.5. The summed E-state index contributed by atoms with van der Waals surface area (Å²) >= 11 is 0. The number of H-pyrrole nitrogens is 1. The van der Waals surface area contributed by atoms with Crippen LogP contribution in [0.5, 0.6) is 5.75 Å². The third-order valence-corrected chi connectivity index (χ3v) is 7.60. The van der Waals surface area contributed by atoms with Gasteiger partial charge in [-0.15, -0.1) is 0 Å². The molecule has 0 amide bonds. The van der Waals surface area contributed by atoms with Gasteiger partial charge >= 0.3 is 0 Å². The second kappa shape index (κ2) is 7.89. The number of methoxy groups -OCH3 is 1. The van der Waals surface area contributed by atoms with Crippen molar-refractivity contribution in [3.05, 3.63) is 87.5 Å². The van der Waals surface area contributed by atoms with Gasteiger partial charge in [0.1, 0.15) is 5.75 Å². The number of likely N-dealkylation sites (N-methyl/N-ethyl adjacent to an activating group) is 1. The standard InChI is InChI=1S/C27H31N3O4/c1-15-22(26(33)30(28-15)16-10-12-17(34-5)13-11-16)23-24(31)18(25(23)32)14-21-27(2,3)19-8-6-7-9-20(19)29(21)4/h6-14,18,23-25,28,31-32H,1-5H3. The van der Waals surface area contributed by atoms with Gasteiger partial charge in [-0.3, -0.25) is 9.89 Å². The topological polar surface area (TPSA) is 90.7 Å². The zero-order valence-corrected chi connectivity index (χ0v) is 20.1. The van der Waals surface area contributed by atoms with E-state index in [-0.39, 0.29) is 11.0 Å². The summed E-state index contributed by atoms with van der Waals surface area (Å²) in [5.74, 6) is -0.413. The van der Waals surface area contributed by atoms with Crippen molar-refractivity contribution in [1.82, 2.24) is 9.78 Å². The molecule has 34 heavy (non-hydrogen) atoms. The molecule has 5 rings (SSSR count). The predicted octanol–water partition coefficient (Wildman–Crippen LogP) is 3.23. The Morgan fingerprint density at radius 2 is 1.71 bits per heavy atom. The molecule has 7 nitrogen and oxygen atoms in total. The van der Waals surface area contributed by atoms with Gasteiger partial charge in [0, 0.05) is 46.9 Å². The highest BCUT2D eigenvalue weighted by molar-refractivity contribution is 5.69. The Labute approximate surface area is 198 Å². The number of nitrogens with one attached hydrogen (secondary N) is 1. The number of anilines is 1. The van der Waals surface area contributed by atoms with E-state index in [1.165, 1.54) is 10.2 Å². The summed E-state index contributed by atoms with van der Waals surface area (Å²) in [6.07, 6.45) is 0.263. The minimum atomic E-state index is -0.859. The van der Waals surface area contributed by atoms with E-state index >= 15 is 0 Å². The summed E-state index contributed by atoms with van der Waals surface area (Å²) in [6, 6.07) is 15.4. The SMILES string of the molecule is COc1ccc(-n2[nH]c(C)c(C3C(O)C(C=C4N(C)c5ccccc5C4(C)C)C3O)c2=O)cc1. The Balaban J connectivity index is 1.45. The fourth-order valence-corrected chi connectivity index (χ4v) is 5.63. The van der Waals surface area contributed by atoms with Crippen LogP contribution in [0.1, 0.15) is 36.6 Å². The lowest BCUT2D eigenvalue weighted by molar-refractivity contribution is -0.0952.